The highest BCUT2D eigenvalue weighted by Gasteiger charge is 2.29. The first-order valence-electron chi connectivity index (χ1n) is 6.18. The number of carbonyl (C=O) groups is 2. The maximum Gasteiger partial charge on any atom is 0.305 e. The third-order valence-electron chi connectivity index (χ3n) is 2.61. The van der Waals surface area contributed by atoms with Crippen LogP contribution in [0.1, 0.15) is 32.8 Å². The summed E-state index contributed by atoms with van der Waals surface area (Å²) in [6, 6.07) is 3.62. The van der Waals surface area contributed by atoms with E-state index in [4.69, 9.17) is 5.11 Å². The molecule has 0 aliphatic rings. The van der Waals surface area contributed by atoms with Crippen molar-refractivity contribution in [2.75, 3.05) is 11.4 Å². The molecule has 1 amide bonds. The standard InChI is InChI=1S/C14H20N2O3/c1-10-5-7-15-11(9-10)16(8-6-12(17)18)13(19)14(2,3)4/h5,7,9H,6,8H2,1-4H3,(H,17,18). The third kappa shape index (κ3) is 4.35. The number of rotatable bonds is 4. The summed E-state index contributed by atoms with van der Waals surface area (Å²) < 4.78 is 0. The van der Waals surface area contributed by atoms with Crippen molar-refractivity contribution < 1.29 is 14.7 Å². The molecule has 1 rings (SSSR count). The number of hydrogen-bond donors (Lipinski definition) is 1. The van der Waals surface area contributed by atoms with E-state index in [1.807, 2.05) is 13.0 Å². The lowest BCUT2D eigenvalue weighted by molar-refractivity contribution is -0.136. The Morgan fingerprint density at radius 2 is 2.00 bits per heavy atom. The Hall–Kier alpha value is -1.91. The molecule has 104 valence electrons. The number of pyridine rings is 1. The van der Waals surface area contributed by atoms with Crippen molar-refractivity contribution in [1.82, 2.24) is 4.98 Å². The van der Waals surface area contributed by atoms with Crippen LogP contribution in [0.4, 0.5) is 5.82 Å². The highest BCUT2D eigenvalue weighted by molar-refractivity contribution is 5.96. The van der Waals surface area contributed by atoms with Gasteiger partial charge in [-0.05, 0) is 24.6 Å². The van der Waals surface area contributed by atoms with Crippen LogP contribution in [-0.4, -0.2) is 28.5 Å². The number of amides is 1. The highest BCUT2D eigenvalue weighted by atomic mass is 16.4. The number of aryl methyl sites for hydroxylation is 1. The smallest absolute Gasteiger partial charge is 0.305 e. The summed E-state index contributed by atoms with van der Waals surface area (Å²) in [5.41, 5.74) is 0.399. The van der Waals surface area contributed by atoms with Gasteiger partial charge in [0, 0.05) is 18.2 Å². The number of anilines is 1. The molecule has 0 aromatic carbocycles. The zero-order chi connectivity index (χ0) is 14.6. The largest absolute Gasteiger partial charge is 0.481 e. The van der Waals surface area contributed by atoms with E-state index in [1.165, 1.54) is 4.90 Å². The predicted molar refractivity (Wildman–Crippen MR) is 73.0 cm³/mol. The van der Waals surface area contributed by atoms with Crippen molar-refractivity contribution in [1.29, 1.82) is 0 Å². The van der Waals surface area contributed by atoms with Crippen molar-refractivity contribution >= 4 is 17.7 Å². The minimum absolute atomic E-state index is 0.0998. The predicted octanol–water partition coefficient (Wildman–Crippen LogP) is 2.24. The lowest BCUT2D eigenvalue weighted by Crippen LogP contribution is -2.41. The Labute approximate surface area is 113 Å². The van der Waals surface area contributed by atoms with E-state index >= 15 is 0 Å². The Morgan fingerprint density at radius 3 is 2.47 bits per heavy atom. The summed E-state index contributed by atoms with van der Waals surface area (Å²) in [5.74, 6) is -0.563. The lowest BCUT2D eigenvalue weighted by atomic mass is 9.94. The van der Waals surface area contributed by atoms with Crippen molar-refractivity contribution in [3.63, 3.8) is 0 Å². The molecule has 5 nitrogen and oxygen atoms in total. The minimum atomic E-state index is -0.931. The summed E-state index contributed by atoms with van der Waals surface area (Å²) in [4.78, 5) is 28.7. The molecular weight excluding hydrogens is 244 g/mol. The molecule has 1 heterocycles. The highest BCUT2D eigenvalue weighted by Crippen LogP contribution is 2.22. The second kappa shape index (κ2) is 5.82. The van der Waals surface area contributed by atoms with Crippen LogP contribution in [-0.2, 0) is 9.59 Å². The maximum atomic E-state index is 12.4. The van der Waals surface area contributed by atoms with Crippen molar-refractivity contribution in [2.45, 2.75) is 34.1 Å². The van der Waals surface area contributed by atoms with E-state index in [9.17, 15) is 9.59 Å². The fourth-order valence-corrected chi connectivity index (χ4v) is 1.60. The number of hydrogen-bond acceptors (Lipinski definition) is 3. The van der Waals surface area contributed by atoms with Gasteiger partial charge in [-0.25, -0.2) is 4.98 Å². The third-order valence-corrected chi connectivity index (χ3v) is 2.61. The second-order valence-corrected chi connectivity index (χ2v) is 5.54. The zero-order valence-corrected chi connectivity index (χ0v) is 11.8. The molecule has 19 heavy (non-hydrogen) atoms. The molecule has 5 heteroatoms. The van der Waals surface area contributed by atoms with Gasteiger partial charge in [0.05, 0.1) is 6.42 Å². The molecule has 0 radical (unpaired) electrons. The average Bonchev–Trinajstić information content (AvgIpc) is 2.27. The van der Waals surface area contributed by atoms with Gasteiger partial charge in [0.1, 0.15) is 5.82 Å². The summed E-state index contributed by atoms with van der Waals surface area (Å²) in [5, 5.41) is 8.79. The topological polar surface area (TPSA) is 70.5 Å². The van der Waals surface area contributed by atoms with Crippen LogP contribution >= 0.6 is 0 Å². The van der Waals surface area contributed by atoms with Crippen molar-refractivity contribution in [2.24, 2.45) is 5.41 Å². The first kappa shape index (κ1) is 15.1. The van der Waals surface area contributed by atoms with E-state index in [0.29, 0.717) is 5.82 Å². The fraction of sp³-hybridized carbons (Fsp3) is 0.500. The minimum Gasteiger partial charge on any atom is -0.481 e. The summed E-state index contributed by atoms with van der Waals surface area (Å²) in [6.07, 6.45) is 1.52. The van der Waals surface area contributed by atoms with E-state index in [-0.39, 0.29) is 18.9 Å². The first-order valence-corrected chi connectivity index (χ1v) is 6.18. The molecule has 0 bridgehead atoms. The molecule has 0 fully saturated rings. The quantitative estimate of drug-likeness (QED) is 0.905. The van der Waals surface area contributed by atoms with Crippen LogP contribution in [0, 0.1) is 12.3 Å². The maximum absolute atomic E-state index is 12.4. The Morgan fingerprint density at radius 1 is 1.37 bits per heavy atom. The molecule has 0 aliphatic heterocycles. The van der Waals surface area contributed by atoms with E-state index < -0.39 is 11.4 Å². The number of carbonyl (C=O) groups excluding carboxylic acids is 1. The van der Waals surface area contributed by atoms with Gasteiger partial charge in [-0.1, -0.05) is 20.8 Å². The van der Waals surface area contributed by atoms with Gasteiger partial charge in [-0.2, -0.15) is 0 Å². The summed E-state index contributed by atoms with van der Waals surface area (Å²) in [6.45, 7) is 7.45. The number of nitrogens with zero attached hydrogens (tertiary/aromatic N) is 2. The summed E-state index contributed by atoms with van der Waals surface area (Å²) in [7, 11) is 0. The molecule has 0 aliphatic carbocycles. The lowest BCUT2D eigenvalue weighted by Gasteiger charge is -2.28. The number of carboxylic acids is 1. The molecule has 1 aromatic heterocycles. The van der Waals surface area contributed by atoms with E-state index in [2.05, 4.69) is 4.98 Å². The van der Waals surface area contributed by atoms with Crippen LogP contribution < -0.4 is 4.90 Å². The van der Waals surface area contributed by atoms with Crippen LogP contribution in [0.5, 0.6) is 0 Å². The molecular formula is C14H20N2O3. The SMILES string of the molecule is Cc1ccnc(N(CCC(=O)O)C(=O)C(C)(C)C)c1. The Kier molecular flexibility index (Phi) is 4.64. The fourth-order valence-electron chi connectivity index (χ4n) is 1.60. The first-order chi connectivity index (χ1) is 8.71. The molecule has 1 aromatic rings. The van der Waals surface area contributed by atoms with Gasteiger partial charge in [-0.15, -0.1) is 0 Å². The van der Waals surface area contributed by atoms with Crippen LogP contribution in [0.2, 0.25) is 0 Å². The monoisotopic (exact) mass is 264 g/mol. The van der Waals surface area contributed by atoms with Gasteiger partial charge < -0.3 is 5.11 Å². The zero-order valence-electron chi connectivity index (χ0n) is 11.8. The number of aromatic nitrogens is 1. The molecule has 0 spiro atoms. The van der Waals surface area contributed by atoms with E-state index in [0.717, 1.165) is 5.56 Å². The van der Waals surface area contributed by atoms with Crippen LogP contribution in [0.25, 0.3) is 0 Å². The number of aliphatic carboxylic acids is 1. The Balaban J connectivity index is 3.05. The van der Waals surface area contributed by atoms with Gasteiger partial charge in [0.2, 0.25) is 5.91 Å². The van der Waals surface area contributed by atoms with Gasteiger partial charge >= 0.3 is 5.97 Å². The Bertz CT molecular complexity index is 478. The van der Waals surface area contributed by atoms with Crippen LogP contribution in [0.15, 0.2) is 18.3 Å². The summed E-state index contributed by atoms with van der Waals surface area (Å²) >= 11 is 0. The normalized spacial score (nSPS) is 11.2. The molecule has 1 N–H and O–H groups in total. The number of carboxylic acid groups (broad SMARTS) is 1. The molecule has 0 saturated carbocycles. The van der Waals surface area contributed by atoms with Gasteiger partial charge in [-0.3, -0.25) is 14.5 Å². The molecule has 0 saturated heterocycles. The van der Waals surface area contributed by atoms with Gasteiger partial charge in [0.25, 0.3) is 0 Å². The molecule has 0 atom stereocenters. The van der Waals surface area contributed by atoms with Crippen molar-refractivity contribution in [3.8, 4) is 0 Å². The van der Waals surface area contributed by atoms with Crippen LogP contribution in [0.3, 0.4) is 0 Å². The second-order valence-electron chi connectivity index (χ2n) is 5.54. The average molecular weight is 264 g/mol. The van der Waals surface area contributed by atoms with Crippen molar-refractivity contribution in [3.05, 3.63) is 23.9 Å². The van der Waals surface area contributed by atoms with E-state index in [1.54, 1.807) is 33.0 Å². The van der Waals surface area contributed by atoms with Gasteiger partial charge in [0.15, 0.2) is 0 Å². The molecule has 0 unspecified atom stereocenters.